The van der Waals surface area contributed by atoms with Crippen molar-refractivity contribution in [3.05, 3.63) is 52.9 Å². The monoisotopic (exact) mass is 305 g/mol. The molecule has 1 heterocycles. The number of halogens is 4. The number of hydrogen-bond donors (Lipinski definition) is 1. The van der Waals surface area contributed by atoms with Gasteiger partial charge in [0.2, 0.25) is 0 Å². The third kappa shape index (κ3) is 3.26. The summed E-state index contributed by atoms with van der Waals surface area (Å²) < 4.78 is 46.3. The van der Waals surface area contributed by atoms with Crippen LogP contribution < -0.4 is 10.1 Å². The van der Waals surface area contributed by atoms with Crippen LogP contribution in [0.15, 0.2) is 41.0 Å². The molecule has 0 bridgehead atoms. The Labute approximate surface area is 118 Å². The summed E-state index contributed by atoms with van der Waals surface area (Å²) in [4.78, 5) is 0. The molecule has 0 saturated carbocycles. The predicted molar refractivity (Wildman–Crippen MR) is 67.7 cm³/mol. The standard InChI is InChI=1S/C13H11ClF3NO2/c1-18-11(9-6-7-19-12(9)14)8-4-2-3-5-10(8)20-13(15,16)17/h2-7,11,18H,1H3. The summed E-state index contributed by atoms with van der Waals surface area (Å²) in [6.07, 6.45) is -3.39. The van der Waals surface area contributed by atoms with Gasteiger partial charge in [0.05, 0.1) is 12.3 Å². The highest BCUT2D eigenvalue weighted by atomic mass is 35.5. The first-order chi connectivity index (χ1) is 9.42. The molecule has 0 amide bonds. The van der Waals surface area contributed by atoms with Crippen LogP contribution in [-0.2, 0) is 0 Å². The zero-order chi connectivity index (χ0) is 14.8. The first-order valence-electron chi connectivity index (χ1n) is 5.67. The Morgan fingerprint density at radius 2 is 1.90 bits per heavy atom. The molecule has 0 aliphatic rings. The fourth-order valence-corrected chi connectivity index (χ4v) is 2.15. The van der Waals surface area contributed by atoms with E-state index in [4.69, 9.17) is 16.0 Å². The minimum atomic E-state index is -4.76. The molecule has 0 aliphatic heterocycles. The molecule has 1 atom stereocenters. The van der Waals surface area contributed by atoms with Gasteiger partial charge < -0.3 is 14.5 Å². The van der Waals surface area contributed by atoms with E-state index in [1.807, 2.05) is 0 Å². The average molecular weight is 306 g/mol. The number of ether oxygens (including phenoxy) is 1. The van der Waals surface area contributed by atoms with Crippen molar-refractivity contribution in [2.24, 2.45) is 0 Å². The zero-order valence-corrected chi connectivity index (χ0v) is 11.1. The Balaban J connectivity index is 2.43. The third-order valence-corrected chi connectivity index (χ3v) is 3.01. The molecule has 2 rings (SSSR count). The lowest BCUT2D eigenvalue weighted by atomic mass is 10.0. The minimum Gasteiger partial charge on any atom is -0.453 e. The van der Waals surface area contributed by atoms with Gasteiger partial charge in [-0.3, -0.25) is 0 Å². The number of alkyl halides is 3. The van der Waals surface area contributed by atoms with E-state index in [1.54, 1.807) is 19.2 Å². The Bertz CT molecular complexity index is 583. The topological polar surface area (TPSA) is 34.4 Å². The van der Waals surface area contributed by atoms with Gasteiger partial charge in [-0.1, -0.05) is 18.2 Å². The molecule has 1 unspecified atom stereocenters. The van der Waals surface area contributed by atoms with E-state index in [2.05, 4.69) is 10.1 Å². The van der Waals surface area contributed by atoms with Gasteiger partial charge in [-0.15, -0.1) is 13.2 Å². The summed E-state index contributed by atoms with van der Waals surface area (Å²) in [7, 11) is 1.61. The second-order valence-electron chi connectivity index (χ2n) is 3.96. The molecule has 2 aromatic rings. The van der Waals surface area contributed by atoms with Gasteiger partial charge in [0.1, 0.15) is 5.75 Å². The van der Waals surface area contributed by atoms with Crippen LogP contribution in [0, 0.1) is 0 Å². The highest BCUT2D eigenvalue weighted by Gasteiger charge is 2.33. The molecule has 0 fully saturated rings. The molecular weight excluding hydrogens is 295 g/mol. The van der Waals surface area contributed by atoms with E-state index in [1.165, 1.54) is 24.5 Å². The van der Waals surface area contributed by atoms with Crippen LogP contribution in [-0.4, -0.2) is 13.4 Å². The number of furan rings is 1. The van der Waals surface area contributed by atoms with Crippen LogP contribution in [0.1, 0.15) is 17.2 Å². The number of benzene rings is 1. The normalized spacial score (nSPS) is 13.2. The Morgan fingerprint density at radius 3 is 2.45 bits per heavy atom. The second kappa shape index (κ2) is 5.76. The van der Waals surface area contributed by atoms with Gasteiger partial charge in [-0.05, 0) is 30.8 Å². The van der Waals surface area contributed by atoms with E-state index < -0.39 is 12.4 Å². The molecule has 0 saturated heterocycles. The summed E-state index contributed by atoms with van der Waals surface area (Å²) in [6.45, 7) is 0. The summed E-state index contributed by atoms with van der Waals surface area (Å²) in [5.74, 6) is -0.281. The van der Waals surface area contributed by atoms with Crippen molar-refractivity contribution in [3.8, 4) is 5.75 Å². The highest BCUT2D eigenvalue weighted by molar-refractivity contribution is 6.29. The van der Waals surface area contributed by atoms with Gasteiger partial charge in [0, 0.05) is 11.1 Å². The molecule has 0 aliphatic carbocycles. The summed E-state index contributed by atoms with van der Waals surface area (Å²) >= 11 is 5.88. The quantitative estimate of drug-likeness (QED) is 0.922. The minimum absolute atomic E-state index is 0.117. The van der Waals surface area contributed by atoms with E-state index in [0.717, 1.165) is 0 Å². The maximum Gasteiger partial charge on any atom is 0.573 e. The average Bonchev–Trinajstić information content (AvgIpc) is 2.77. The SMILES string of the molecule is CNC(c1ccccc1OC(F)(F)F)c1ccoc1Cl. The van der Waals surface area contributed by atoms with E-state index >= 15 is 0 Å². The van der Waals surface area contributed by atoms with E-state index in [-0.39, 0.29) is 11.0 Å². The maximum absolute atomic E-state index is 12.4. The fourth-order valence-electron chi connectivity index (χ4n) is 1.93. The molecule has 0 radical (unpaired) electrons. The van der Waals surface area contributed by atoms with Gasteiger partial charge >= 0.3 is 6.36 Å². The van der Waals surface area contributed by atoms with E-state index in [9.17, 15) is 13.2 Å². The van der Waals surface area contributed by atoms with Crippen molar-refractivity contribution < 1.29 is 22.3 Å². The van der Waals surface area contributed by atoms with Gasteiger partial charge in [0.15, 0.2) is 5.22 Å². The summed E-state index contributed by atoms with van der Waals surface area (Å²) in [5, 5.41) is 3.01. The summed E-state index contributed by atoms with van der Waals surface area (Å²) in [6, 6.07) is 6.89. The molecule has 7 heteroatoms. The van der Waals surface area contributed by atoms with Crippen molar-refractivity contribution in [1.82, 2.24) is 5.32 Å². The van der Waals surface area contributed by atoms with Crippen molar-refractivity contribution in [2.45, 2.75) is 12.4 Å². The Hall–Kier alpha value is -1.66. The Morgan fingerprint density at radius 1 is 1.20 bits per heavy atom. The van der Waals surface area contributed by atoms with Crippen molar-refractivity contribution >= 4 is 11.6 Å². The van der Waals surface area contributed by atoms with Crippen LogP contribution in [0.3, 0.4) is 0 Å². The van der Waals surface area contributed by atoms with Gasteiger partial charge in [-0.2, -0.15) is 0 Å². The Kier molecular flexibility index (Phi) is 4.25. The zero-order valence-electron chi connectivity index (χ0n) is 10.4. The molecule has 3 nitrogen and oxygen atoms in total. The van der Waals surface area contributed by atoms with Gasteiger partial charge in [0.25, 0.3) is 0 Å². The molecule has 1 N–H and O–H groups in total. The van der Waals surface area contributed by atoms with Crippen LogP contribution in [0.25, 0.3) is 0 Å². The molecule has 0 spiro atoms. The van der Waals surface area contributed by atoms with Crippen LogP contribution >= 0.6 is 11.6 Å². The van der Waals surface area contributed by atoms with Crippen molar-refractivity contribution in [3.63, 3.8) is 0 Å². The van der Waals surface area contributed by atoms with Crippen molar-refractivity contribution in [2.75, 3.05) is 7.05 Å². The lowest BCUT2D eigenvalue weighted by molar-refractivity contribution is -0.275. The highest BCUT2D eigenvalue weighted by Crippen LogP contribution is 2.35. The fraction of sp³-hybridized carbons (Fsp3) is 0.231. The van der Waals surface area contributed by atoms with E-state index in [0.29, 0.717) is 11.1 Å². The number of hydrogen-bond acceptors (Lipinski definition) is 3. The van der Waals surface area contributed by atoms with Crippen LogP contribution in [0.4, 0.5) is 13.2 Å². The smallest absolute Gasteiger partial charge is 0.453 e. The van der Waals surface area contributed by atoms with Crippen LogP contribution in [0.2, 0.25) is 5.22 Å². The molecule has 108 valence electrons. The lowest BCUT2D eigenvalue weighted by Gasteiger charge is -2.20. The second-order valence-corrected chi connectivity index (χ2v) is 4.30. The van der Waals surface area contributed by atoms with Gasteiger partial charge in [-0.25, -0.2) is 0 Å². The first-order valence-corrected chi connectivity index (χ1v) is 6.05. The van der Waals surface area contributed by atoms with Crippen LogP contribution in [0.5, 0.6) is 5.75 Å². The molecular formula is C13H11ClF3NO2. The molecule has 20 heavy (non-hydrogen) atoms. The summed E-state index contributed by atoms with van der Waals surface area (Å²) in [5.41, 5.74) is 0.850. The number of nitrogens with one attached hydrogen (secondary N) is 1. The first kappa shape index (κ1) is 14.7. The number of para-hydroxylation sites is 1. The molecule has 1 aromatic carbocycles. The maximum atomic E-state index is 12.4. The van der Waals surface area contributed by atoms with Crippen molar-refractivity contribution in [1.29, 1.82) is 0 Å². The molecule has 1 aromatic heterocycles. The lowest BCUT2D eigenvalue weighted by Crippen LogP contribution is -2.22. The predicted octanol–water partition coefficient (Wildman–Crippen LogP) is 4.14. The third-order valence-electron chi connectivity index (χ3n) is 2.70. The largest absolute Gasteiger partial charge is 0.573 e. The number of rotatable bonds is 4.